The van der Waals surface area contributed by atoms with Gasteiger partial charge in [0.25, 0.3) is 0 Å². The summed E-state index contributed by atoms with van der Waals surface area (Å²) in [4.78, 5) is 26.2. The van der Waals surface area contributed by atoms with Crippen LogP contribution in [0.25, 0.3) is 11.0 Å². The van der Waals surface area contributed by atoms with Crippen molar-refractivity contribution in [1.29, 1.82) is 0 Å². The third kappa shape index (κ3) is 5.36. The first-order valence-electron chi connectivity index (χ1n) is 9.79. The molecule has 0 aliphatic carbocycles. The fourth-order valence-electron chi connectivity index (χ4n) is 3.66. The van der Waals surface area contributed by atoms with E-state index in [1.54, 1.807) is 6.07 Å². The van der Waals surface area contributed by atoms with Crippen LogP contribution in [0.2, 0.25) is 0 Å². The predicted octanol–water partition coefficient (Wildman–Crippen LogP) is 3.79. The average Bonchev–Trinajstić information content (AvgIpc) is 3.20. The predicted molar refractivity (Wildman–Crippen MR) is 115 cm³/mol. The Hall–Kier alpha value is -3.50. The third-order valence-electron chi connectivity index (χ3n) is 4.94. The summed E-state index contributed by atoms with van der Waals surface area (Å²) in [6.45, 7) is 1.37. The number of fused-ring (bicyclic) bond motifs is 1. The maximum absolute atomic E-state index is 12.4. The number of nitrogens with zero attached hydrogens (tertiary/aromatic N) is 3. The van der Waals surface area contributed by atoms with Gasteiger partial charge in [0.05, 0.1) is 11.9 Å². The van der Waals surface area contributed by atoms with Crippen LogP contribution in [0.15, 0.2) is 42.9 Å². The number of hydrogen-bond acceptors (Lipinski definition) is 6. The number of carbonyl (C=O) groups is 1. The van der Waals surface area contributed by atoms with Gasteiger partial charge < -0.3 is 25.3 Å². The number of amides is 1. The lowest BCUT2D eigenvalue weighted by Gasteiger charge is -2.34. The van der Waals surface area contributed by atoms with Gasteiger partial charge in [-0.15, -0.1) is 13.2 Å². The monoisotopic (exact) mass is 440 g/mol. The molecular formula is C20H27F3N6O2. The molecule has 0 saturated carbocycles. The Morgan fingerprint density at radius 1 is 1.32 bits per heavy atom. The molecule has 3 aromatic rings. The van der Waals surface area contributed by atoms with Gasteiger partial charge in [-0.05, 0) is 31.0 Å². The van der Waals surface area contributed by atoms with Crippen molar-refractivity contribution in [2.45, 2.75) is 25.2 Å². The number of halogens is 3. The van der Waals surface area contributed by atoms with Crippen molar-refractivity contribution in [3.63, 3.8) is 0 Å². The molecule has 1 amide bonds. The first kappa shape index (κ1) is 20.8. The zero-order chi connectivity index (χ0) is 21.8. The van der Waals surface area contributed by atoms with Gasteiger partial charge in [0, 0.05) is 41.4 Å². The fourth-order valence-corrected chi connectivity index (χ4v) is 3.66. The normalized spacial score (nSPS) is 16.9. The maximum Gasteiger partial charge on any atom is 0.573 e. The third-order valence-corrected chi connectivity index (χ3v) is 4.94. The van der Waals surface area contributed by atoms with Crippen LogP contribution in [0.3, 0.4) is 0 Å². The molecule has 11 heteroatoms. The Morgan fingerprint density at radius 3 is 3.03 bits per heavy atom. The van der Waals surface area contributed by atoms with E-state index in [1.807, 2.05) is 12.3 Å². The summed E-state index contributed by atoms with van der Waals surface area (Å²) in [6, 6.07) is 7.24. The number of aromatic amines is 1. The Labute approximate surface area is 180 Å². The molecule has 1 atom stereocenters. The Morgan fingerprint density at radius 2 is 2.19 bits per heavy atom. The molecule has 8 nitrogen and oxygen atoms in total. The van der Waals surface area contributed by atoms with E-state index in [0.29, 0.717) is 12.2 Å². The van der Waals surface area contributed by atoms with E-state index >= 15 is 0 Å². The number of carbonyl (C=O) groups excluding carboxylic acids is 1. The van der Waals surface area contributed by atoms with E-state index < -0.39 is 6.36 Å². The number of H-pyrrole nitrogens is 1. The van der Waals surface area contributed by atoms with Gasteiger partial charge in [0.1, 0.15) is 23.5 Å². The standard InChI is InChI=1S/C20H21F3N6O2.3H2/c21-20(22,23)31-15-5-1-3-13(9-15)25-10-17(30)28-14-4-2-8-29(11-14)19-16-6-7-24-18(16)26-12-27-19;;;/h1,3,5-7,9,12,14,25H,2,4,8,10-11H2,(H,28,30)(H,24,26,27);3*1H. The van der Waals surface area contributed by atoms with Crippen LogP contribution >= 0.6 is 0 Å². The molecule has 2 aromatic heterocycles. The molecule has 1 fully saturated rings. The highest BCUT2D eigenvalue weighted by Gasteiger charge is 2.31. The summed E-state index contributed by atoms with van der Waals surface area (Å²) in [7, 11) is 0. The first-order chi connectivity index (χ1) is 14.9. The second-order valence-corrected chi connectivity index (χ2v) is 7.22. The number of hydrogen-bond donors (Lipinski definition) is 3. The molecule has 0 bridgehead atoms. The molecule has 0 spiro atoms. The minimum atomic E-state index is -4.77. The van der Waals surface area contributed by atoms with Crippen LogP contribution in [0.4, 0.5) is 24.7 Å². The molecule has 0 radical (unpaired) electrons. The van der Waals surface area contributed by atoms with Crippen molar-refractivity contribution in [3.8, 4) is 5.75 Å². The van der Waals surface area contributed by atoms with Crippen LogP contribution in [0.1, 0.15) is 17.1 Å². The summed E-state index contributed by atoms with van der Waals surface area (Å²) in [5.41, 5.74) is 1.12. The van der Waals surface area contributed by atoms with Crippen LogP contribution in [-0.2, 0) is 4.79 Å². The van der Waals surface area contributed by atoms with Gasteiger partial charge in [-0.3, -0.25) is 4.79 Å². The van der Waals surface area contributed by atoms with Gasteiger partial charge in [-0.1, -0.05) is 6.07 Å². The topological polar surface area (TPSA) is 95.2 Å². The van der Waals surface area contributed by atoms with Gasteiger partial charge in [0.2, 0.25) is 5.91 Å². The number of ether oxygens (including phenoxy) is 1. The van der Waals surface area contributed by atoms with E-state index in [9.17, 15) is 18.0 Å². The summed E-state index contributed by atoms with van der Waals surface area (Å²) in [5.74, 6) is 0.232. The van der Waals surface area contributed by atoms with E-state index in [2.05, 4.69) is 35.2 Å². The van der Waals surface area contributed by atoms with Crippen molar-refractivity contribution in [3.05, 3.63) is 42.9 Å². The lowest BCUT2D eigenvalue weighted by atomic mass is 10.1. The highest BCUT2D eigenvalue weighted by Crippen LogP contribution is 2.26. The first-order valence-corrected chi connectivity index (χ1v) is 9.79. The maximum atomic E-state index is 12.4. The number of benzene rings is 1. The van der Waals surface area contributed by atoms with E-state index in [4.69, 9.17) is 0 Å². The minimum absolute atomic E-state index is 0. The van der Waals surface area contributed by atoms with Crippen molar-refractivity contribution in [1.82, 2.24) is 20.3 Å². The Kier molecular flexibility index (Phi) is 5.83. The SMILES string of the molecule is O=C(CNc1cccc(OC(F)(F)F)c1)NC1CCCN(c2ncnc3[nH]ccc23)C1.[HH].[HH].[HH]. The summed E-state index contributed by atoms with van der Waals surface area (Å²) in [6.07, 6.45) is 0.283. The zero-order valence-electron chi connectivity index (χ0n) is 16.4. The number of piperidine rings is 1. The van der Waals surface area contributed by atoms with Gasteiger partial charge >= 0.3 is 6.36 Å². The molecule has 4 rings (SSSR count). The molecule has 1 aromatic carbocycles. The molecule has 170 valence electrons. The molecule has 1 aliphatic rings. The van der Waals surface area contributed by atoms with Crippen molar-refractivity contribution < 1.29 is 27.0 Å². The molecule has 31 heavy (non-hydrogen) atoms. The second kappa shape index (κ2) is 8.70. The fraction of sp³-hybridized carbons (Fsp3) is 0.350. The number of anilines is 2. The highest BCUT2D eigenvalue weighted by molar-refractivity contribution is 5.87. The van der Waals surface area contributed by atoms with Crippen LogP contribution in [-0.4, -0.2) is 52.9 Å². The van der Waals surface area contributed by atoms with Gasteiger partial charge in [0.15, 0.2) is 0 Å². The molecular weight excluding hydrogens is 413 g/mol. The smallest absolute Gasteiger partial charge is 0.406 e. The minimum Gasteiger partial charge on any atom is -0.406 e. The lowest BCUT2D eigenvalue weighted by Crippen LogP contribution is -2.49. The average molecular weight is 440 g/mol. The number of aromatic nitrogens is 3. The van der Waals surface area contributed by atoms with Gasteiger partial charge in [-0.25, -0.2) is 9.97 Å². The summed E-state index contributed by atoms with van der Waals surface area (Å²) < 4.78 is 40.9. The van der Waals surface area contributed by atoms with Crippen LogP contribution in [0.5, 0.6) is 5.75 Å². The molecule has 3 heterocycles. The van der Waals surface area contributed by atoms with Crippen molar-refractivity contribution >= 4 is 28.4 Å². The van der Waals surface area contributed by atoms with Crippen molar-refractivity contribution in [2.75, 3.05) is 29.9 Å². The number of rotatable bonds is 6. The number of nitrogens with one attached hydrogen (secondary N) is 3. The molecule has 3 N–H and O–H groups in total. The highest BCUT2D eigenvalue weighted by atomic mass is 19.4. The van der Waals surface area contributed by atoms with Crippen LogP contribution < -0.4 is 20.3 Å². The largest absolute Gasteiger partial charge is 0.573 e. The van der Waals surface area contributed by atoms with E-state index in [1.165, 1.54) is 24.5 Å². The van der Waals surface area contributed by atoms with E-state index in [-0.39, 0.29) is 28.5 Å². The second-order valence-electron chi connectivity index (χ2n) is 7.22. The lowest BCUT2D eigenvalue weighted by molar-refractivity contribution is -0.274. The summed E-state index contributed by atoms with van der Waals surface area (Å²) >= 11 is 0. The Balaban J connectivity index is 0.00000193. The number of alkyl halides is 3. The summed E-state index contributed by atoms with van der Waals surface area (Å²) in [5, 5.41) is 6.73. The van der Waals surface area contributed by atoms with Gasteiger partial charge in [-0.2, -0.15) is 0 Å². The Bertz CT molecular complexity index is 1070. The molecule has 1 aliphatic heterocycles. The zero-order valence-corrected chi connectivity index (χ0v) is 16.4. The molecule has 1 unspecified atom stereocenters. The van der Waals surface area contributed by atoms with Crippen LogP contribution in [0, 0.1) is 0 Å². The van der Waals surface area contributed by atoms with Crippen molar-refractivity contribution in [2.24, 2.45) is 0 Å². The molecule has 1 saturated heterocycles. The van der Waals surface area contributed by atoms with E-state index in [0.717, 1.165) is 36.2 Å². The quantitative estimate of drug-likeness (QED) is 0.540.